The molecule has 4 rings (SSSR count). The molecule has 0 aliphatic carbocycles. The van der Waals surface area contributed by atoms with Crippen molar-refractivity contribution in [2.45, 2.75) is 33.1 Å². The van der Waals surface area contributed by atoms with Crippen molar-refractivity contribution in [1.29, 1.82) is 0 Å². The first kappa shape index (κ1) is 15.8. The van der Waals surface area contributed by atoms with Crippen molar-refractivity contribution >= 4 is 17.0 Å². The Morgan fingerprint density at radius 1 is 1.08 bits per heavy atom. The van der Waals surface area contributed by atoms with Gasteiger partial charge in [-0.15, -0.1) is 0 Å². The second-order valence-corrected chi connectivity index (χ2v) is 6.74. The molecule has 0 spiro atoms. The van der Waals surface area contributed by atoms with E-state index in [2.05, 4.69) is 10.1 Å². The number of carbonyl (C=O) groups is 1. The van der Waals surface area contributed by atoms with E-state index in [4.69, 9.17) is 4.52 Å². The zero-order chi connectivity index (χ0) is 17.4. The molecule has 25 heavy (non-hydrogen) atoms. The number of aryl methyl sites for hydroxylation is 2. The topological polar surface area (TPSA) is 59.2 Å². The highest BCUT2D eigenvalue weighted by Crippen LogP contribution is 2.31. The third kappa shape index (κ3) is 2.90. The maximum atomic E-state index is 13.1. The second-order valence-electron chi connectivity index (χ2n) is 6.74. The van der Waals surface area contributed by atoms with Crippen molar-refractivity contribution in [3.8, 4) is 11.3 Å². The predicted octanol–water partition coefficient (Wildman–Crippen LogP) is 4.13. The van der Waals surface area contributed by atoms with E-state index < -0.39 is 0 Å². The molecule has 0 bridgehead atoms. The molecule has 128 valence electrons. The number of hydrogen-bond donors (Lipinski definition) is 0. The monoisotopic (exact) mass is 335 g/mol. The number of hydrogen-bond acceptors (Lipinski definition) is 4. The van der Waals surface area contributed by atoms with Crippen LogP contribution in [0, 0.1) is 13.8 Å². The molecular formula is C20H21N3O2. The maximum absolute atomic E-state index is 13.1. The summed E-state index contributed by atoms with van der Waals surface area (Å²) in [6.45, 7) is 5.54. The molecule has 5 nitrogen and oxygen atoms in total. The Kier molecular flexibility index (Phi) is 3.99. The normalized spacial score (nSPS) is 14.9. The fourth-order valence-electron chi connectivity index (χ4n) is 3.42. The van der Waals surface area contributed by atoms with Crippen LogP contribution in [-0.4, -0.2) is 34.0 Å². The highest BCUT2D eigenvalue weighted by Gasteiger charge is 2.25. The minimum atomic E-state index is 0.0479. The van der Waals surface area contributed by atoms with Crippen molar-refractivity contribution in [2.24, 2.45) is 0 Å². The molecule has 3 heterocycles. The van der Waals surface area contributed by atoms with E-state index in [-0.39, 0.29) is 5.91 Å². The number of amides is 1. The zero-order valence-corrected chi connectivity index (χ0v) is 14.6. The molecule has 1 aliphatic heterocycles. The summed E-state index contributed by atoms with van der Waals surface area (Å²) < 4.78 is 5.46. The summed E-state index contributed by atoms with van der Waals surface area (Å²) in [6.07, 6.45) is 3.32. The van der Waals surface area contributed by atoms with Gasteiger partial charge in [0.25, 0.3) is 11.6 Å². The molecule has 3 aromatic rings. The molecule has 0 atom stereocenters. The minimum Gasteiger partial charge on any atom is -0.339 e. The summed E-state index contributed by atoms with van der Waals surface area (Å²) in [4.78, 5) is 19.5. The number of benzene rings is 1. The summed E-state index contributed by atoms with van der Waals surface area (Å²) >= 11 is 0. The molecule has 1 amide bonds. The highest BCUT2D eigenvalue weighted by atomic mass is 16.5. The van der Waals surface area contributed by atoms with Crippen molar-refractivity contribution in [3.63, 3.8) is 0 Å². The third-order valence-corrected chi connectivity index (χ3v) is 4.77. The van der Waals surface area contributed by atoms with Gasteiger partial charge in [0.05, 0.1) is 10.9 Å². The number of rotatable bonds is 2. The van der Waals surface area contributed by atoms with Crippen molar-refractivity contribution in [2.75, 3.05) is 13.1 Å². The SMILES string of the molecule is Cc1ccc(-c2noc3nc(C)cc(C(=O)N4CCCCC4)c23)cc1. The first-order chi connectivity index (χ1) is 12.1. The van der Waals surface area contributed by atoms with Crippen LogP contribution in [0.1, 0.15) is 40.9 Å². The first-order valence-electron chi connectivity index (χ1n) is 8.77. The lowest BCUT2D eigenvalue weighted by Crippen LogP contribution is -2.35. The van der Waals surface area contributed by atoms with Gasteiger partial charge in [-0.2, -0.15) is 0 Å². The van der Waals surface area contributed by atoms with E-state index in [9.17, 15) is 4.79 Å². The van der Waals surface area contributed by atoms with Crippen LogP contribution < -0.4 is 0 Å². The van der Waals surface area contributed by atoms with Gasteiger partial charge in [0.15, 0.2) is 0 Å². The minimum absolute atomic E-state index is 0.0479. The lowest BCUT2D eigenvalue weighted by molar-refractivity contribution is 0.0726. The molecule has 2 aromatic heterocycles. The van der Waals surface area contributed by atoms with Crippen LogP contribution in [0.2, 0.25) is 0 Å². The van der Waals surface area contributed by atoms with E-state index in [1.807, 2.05) is 49.1 Å². The standard InChI is InChI=1S/C20H21N3O2/c1-13-6-8-15(9-7-13)18-17-16(12-14(2)21-19(17)25-22-18)20(24)23-10-4-3-5-11-23/h6-9,12H,3-5,10-11H2,1-2H3. The highest BCUT2D eigenvalue weighted by molar-refractivity contribution is 6.09. The molecular weight excluding hydrogens is 314 g/mol. The Morgan fingerprint density at radius 2 is 1.80 bits per heavy atom. The van der Waals surface area contributed by atoms with Gasteiger partial charge in [-0.3, -0.25) is 4.79 Å². The summed E-state index contributed by atoms with van der Waals surface area (Å²) in [7, 11) is 0. The van der Waals surface area contributed by atoms with Gasteiger partial charge in [0, 0.05) is 24.3 Å². The van der Waals surface area contributed by atoms with Crippen LogP contribution in [0.15, 0.2) is 34.9 Å². The van der Waals surface area contributed by atoms with E-state index in [1.54, 1.807) is 0 Å². The van der Waals surface area contributed by atoms with Gasteiger partial charge in [-0.25, -0.2) is 4.98 Å². The van der Waals surface area contributed by atoms with Crippen LogP contribution in [-0.2, 0) is 0 Å². The number of carbonyl (C=O) groups excluding carboxylic acids is 1. The summed E-state index contributed by atoms with van der Waals surface area (Å²) in [6, 6.07) is 9.92. The fourth-order valence-corrected chi connectivity index (χ4v) is 3.42. The van der Waals surface area contributed by atoms with Gasteiger partial charge < -0.3 is 9.42 Å². The lowest BCUT2D eigenvalue weighted by atomic mass is 10.0. The second kappa shape index (κ2) is 6.31. The molecule has 1 saturated heterocycles. The first-order valence-corrected chi connectivity index (χ1v) is 8.77. The Bertz CT molecular complexity index is 922. The van der Waals surface area contributed by atoms with Crippen molar-refractivity contribution in [3.05, 3.63) is 47.2 Å². The molecule has 1 aliphatic rings. The van der Waals surface area contributed by atoms with E-state index in [1.165, 1.54) is 12.0 Å². The molecule has 1 fully saturated rings. The van der Waals surface area contributed by atoms with Crippen molar-refractivity contribution < 1.29 is 9.32 Å². The van der Waals surface area contributed by atoms with Crippen LogP contribution >= 0.6 is 0 Å². The summed E-state index contributed by atoms with van der Waals surface area (Å²) in [5, 5.41) is 4.93. The number of piperidine rings is 1. The van der Waals surface area contributed by atoms with Gasteiger partial charge in [0.1, 0.15) is 5.69 Å². The van der Waals surface area contributed by atoms with Crippen LogP contribution in [0.5, 0.6) is 0 Å². The number of fused-ring (bicyclic) bond motifs is 1. The third-order valence-electron chi connectivity index (χ3n) is 4.77. The zero-order valence-electron chi connectivity index (χ0n) is 14.6. The number of likely N-dealkylation sites (tertiary alicyclic amines) is 1. The predicted molar refractivity (Wildman–Crippen MR) is 96.5 cm³/mol. The Morgan fingerprint density at radius 3 is 2.52 bits per heavy atom. The average molecular weight is 335 g/mol. The van der Waals surface area contributed by atoms with Crippen LogP contribution in [0.4, 0.5) is 0 Å². The van der Waals surface area contributed by atoms with E-state index >= 15 is 0 Å². The molecule has 0 unspecified atom stereocenters. The Hall–Kier alpha value is -2.69. The quantitative estimate of drug-likeness (QED) is 0.706. The van der Waals surface area contributed by atoms with Crippen LogP contribution in [0.3, 0.4) is 0 Å². The molecule has 5 heteroatoms. The summed E-state index contributed by atoms with van der Waals surface area (Å²) in [5.74, 6) is 0.0479. The molecule has 1 aromatic carbocycles. The Balaban J connectivity index is 1.86. The molecule has 0 N–H and O–H groups in total. The fraction of sp³-hybridized carbons (Fsp3) is 0.350. The van der Waals surface area contributed by atoms with Crippen molar-refractivity contribution in [1.82, 2.24) is 15.0 Å². The number of pyridine rings is 1. The van der Waals surface area contributed by atoms with Crippen LogP contribution in [0.25, 0.3) is 22.4 Å². The number of nitrogens with zero attached hydrogens (tertiary/aromatic N) is 3. The van der Waals surface area contributed by atoms with E-state index in [0.29, 0.717) is 22.4 Å². The van der Waals surface area contributed by atoms with Gasteiger partial charge >= 0.3 is 0 Å². The lowest BCUT2D eigenvalue weighted by Gasteiger charge is -2.27. The van der Waals surface area contributed by atoms with Gasteiger partial charge in [-0.1, -0.05) is 35.0 Å². The summed E-state index contributed by atoms with van der Waals surface area (Å²) in [5.41, 5.74) is 4.62. The van der Waals surface area contributed by atoms with Gasteiger partial charge in [-0.05, 0) is 39.2 Å². The molecule has 0 radical (unpaired) electrons. The average Bonchev–Trinajstić information content (AvgIpc) is 3.05. The largest absolute Gasteiger partial charge is 0.339 e. The smallest absolute Gasteiger partial charge is 0.259 e. The number of aromatic nitrogens is 2. The maximum Gasteiger partial charge on any atom is 0.259 e. The molecule has 0 saturated carbocycles. The Labute approximate surface area is 146 Å². The van der Waals surface area contributed by atoms with Gasteiger partial charge in [0.2, 0.25) is 0 Å². The van der Waals surface area contributed by atoms with E-state index in [0.717, 1.165) is 37.2 Å².